The minimum absolute atomic E-state index is 0.0992. The molecule has 1 heterocycles. The van der Waals surface area contributed by atoms with Gasteiger partial charge in [-0.05, 0) is 38.6 Å². The lowest BCUT2D eigenvalue weighted by Gasteiger charge is -2.29. The van der Waals surface area contributed by atoms with Crippen LogP contribution in [-0.2, 0) is 14.4 Å². The fourth-order valence-corrected chi connectivity index (χ4v) is 2.76. The second-order valence-corrected chi connectivity index (χ2v) is 5.51. The quantitative estimate of drug-likeness (QED) is 0.499. The number of carboxylic acids is 2. The predicted molar refractivity (Wildman–Crippen MR) is 75.9 cm³/mol. The molecule has 0 aromatic carbocycles. The highest BCUT2D eigenvalue weighted by Crippen LogP contribution is 2.25. The first-order valence-corrected chi connectivity index (χ1v) is 7.42. The summed E-state index contributed by atoms with van der Waals surface area (Å²) in [6, 6.07) is -1.03. The first-order valence-electron chi connectivity index (χ1n) is 7.42. The first kappa shape index (κ1) is 17.4. The highest BCUT2D eigenvalue weighted by Gasteiger charge is 2.41. The monoisotopic (exact) mass is 300 g/mol. The molecule has 1 aliphatic heterocycles. The van der Waals surface area contributed by atoms with Gasteiger partial charge in [0.25, 0.3) is 0 Å². The Morgan fingerprint density at radius 2 is 2.05 bits per heavy atom. The van der Waals surface area contributed by atoms with Crippen molar-refractivity contribution in [3.8, 4) is 0 Å². The Morgan fingerprint density at radius 3 is 2.52 bits per heavy atom. The van der Waals surface area contributed by atoms with Gasteiger partial charge in [-0.2, -0.15) is 0 Å². The molecule has 0 aromatic heterocycles. The van der Waals surface area contributed by atoms with E-state index < -0.39 is 23.5 Å². The molecule has 2 atom stereocenters. The van der Waals surface area contributed by atoms with Gasteiger partial charge in [0.05, 0.1) is 5.54 Å². The van der Waals surface area contributed by atoms with Crippen LogP contribution in [0, 0.1) is 0 Å². The van der Waals surface area contributed by atoms with Crippen LogP contribution in [0.2, 0.25) is 0 Å². The van der Waals surface area contributed by atoms with Gasteiger partial charge in [0.2, 0.25) is 5.91 Å². The van der Waals surface area contributed by atoms with E-state index in [1.54, 1.807) is 0 Å². The second kappa shape index (κ2) is 7.97. The predicted octanol–water partition coefficient (Wildman–Crippen LogP) is 0.733. The summed E-state index contributed by atoms with van der Waals surface area (Å²) in [4.78, 5) is 34.1. The molecule has 1 unspecified atom stereocenters. The number of carbonyl (C=O) groups is 3. The summed E-state index contributed by atoms with van der Waals surface area (Å²) in [5.41, 5.74) is -0.671. The molecule has 1 fully saturated rings. The molecule has 7 nitrogen and oxygen atoms in total. The second-order valence-electron chi connectivity index (χ2n) is 5.51. The van der Waals surface area contributed by atoms with Crippen molar-refractivity contribution in [2.75, 3.05) is 6.54 Å². The molecule has 1 saturated heterocycles. The van der Waals surface area contributed by atoms with Crippen molar-refractivity contribution in [1.29, 1.82) is 0 Å². The molecule has 1 aliphatic rings. The van der Waals surface area contributed by atoms with E-state index in [4.69, 9.17) is 10.2 Å². The summed E-state index contributed by atoms with van der Waals surface area (Å²) >= 11 is 0. The van der Waals surface area contributed by atoms with Crippen LogP contribution in [0.1, 0.15) is 51.9 Å². The molecule has 0 aliphatic carbocycles. The molecule has 21 heavy (non-hydrogen) atoms. The minimum Gasteiger partial charge on any atom is -0.481 e. The lowest BCUT2D eigenvalue weighted by Crippen LogP contribution is -2.57. The van der Waals surface area contributed by atoms with Crippen LogP contribution in [0.3, 0.4) is 0 Å². The van der Waals surface area contributed by atoms with Crippen LogP contribution in [-0.4, -0.2) is 46.2 Å². The first-order chi connectivity index (χ1) is 9.91. The number of hydrogen-bond acceptors (Lipinski definition) is 4. The normalized spacial score (nSPS) is 22.7. The third kappa shape index (κ3) is 5.00. The molecular formula is C14H24N2O5. The number of rotatable bonds is 9. The molecule has 0 spiro atoms. The van der Waals surface area contributed by atoms with Crippen molar-refractivity contribution in [2.24, 2.45) is 0 Å². The molecule has 0 bridgehead atoms. The van der Waals surface area contributed by atoms with Gasteiger partial charge in [-0.15, -0.1) is 0 Å². The lowest BCUT2D eigenvalue weighted by molar-refractivity contribution is -0.143. The third-order valence-corrected chi connectivity index (χ3v) is 3.84. The number of carboxylic acid groups (broad SMARTS) is 2. The van der Waals surface area contributed by atoms with Crippen molar-refractivity contribution >= 4 is 17.8 Å². The van der Waals surface area contributed by atoms with Crippen LogP contribution in [0.15, 0.2) is 0 Å². The fourth-order valence-electron chi connectivity index (χ4n) is 2.76. The summed E-state index contributed by atoms with van der Waals surface area (Å²) in [5, 5.41) is 23.5. The molecule has 120 valence electrons. The Bertz CT molecular complexity index is 391. The van der Waals surface area contributed by atoms with E-state index in [1.165, 1.54) is 0 Å². The van der Waals surface area contributed by atoms with Crippen molar-refractivity contribution in [1.82, 2.24) is 10.6 Å². The van der Waals surface area contributed by atoms with Crippen LogP contribution < -0.4 is 10.6 Å². The number of amides is 1. The maximum absolute atomic E-state index is 12.4. The van der Waals surface area contributed by atoms with Crippen LogP contribution in [0.25, 0.3) is 0 Å². The zero-order valence-corrected chi connectivity index (χ0v) is 12.4. The standard InChI is InChI=1S/C14H24N2O5/c1-2-7-14(8-4-9-15-14)13(21)16-10(12(19)20)5-3-6-11(17)18/h10,15H,2-9H2,1H3,(H,16,21)(H,17,18)(H,19,20)/t10-,14?/m1/s1. The van der Waals surface area contributed by atoms with E-state index in [2.05, 4.69) is 10.6 Å². The molecule has 0 aromatic rings. The van der Waals surface area contributed by atoms with Gasteiger partial charge in [0.15, 0.2) is 0 Å². The highest BCUT2D eigenvalue weighted by atomic mass is 16.4. The Labute approximate surface area is 124 Å². The zero-order valence-electron chi connectivity index (χ0n) is 12.4. The van der Waals surface area contributed by atoms with Gasteiger partial charge in [-0.25, -0.2) is 4.79 Å². The van der Waals surface area contributed by atoms with Gasteiger partial charge in [-0.3, -0.25) is 9.59 Å². The van der Waals surface area contributed by atoms with E-state index in [0.29, 0.717) is 12.8 Å². The summed E-state index contributed by atoms with van der Waals surface area (Å²) in [5.74, 6) is -2.38. The van der Waals surface area contributed by atoms with E-state index in [-0.39, 0.29) is 25.2 Å². The van der Waals surface area contributed by atoms with E-state index in [0.717, 1.165) is 19.4 Å². The number of hydrogen-bond donors (Lipinski definition) is 4. The van der Waals surface area contributed by atoms with E-state index in [9.17, 15) is 14.4 Å². The zero-order chi connectivity index (χ0) is 15.9. The van der Waals surface area contributed by atoms with Crippen LogP contribution in [0.5, 0.6) is 0 Å². The Hall–Kier alpha value is -1.63. The molecule has 1 rings (SSSR count). The lowest BCUT2D eigenvalue weighted by atomic mass is 9.90. The summed E-state index contributed by atoms with van der Waals surface area (Å²) < 4.78 is 0. The molecule has 0 saturated carbocycles. The largest absolute Gasteiger partial charge is 0.481 e. The Balaban J connectivity index is 2.62. The maximum atomic E-state index is 12.4. The number of nitrogens with one attached hydrogen (secondary N) is 2. The molecular weight excluding hydrogens is 276 g/mol. The smallest absolute Gasteiger partial charge is 0.326 e. The van der Waals surface area contributed by atoms with Gasteiger partial charge in [0.1, 0.15) is 6.04 Å². The van der Waals surface area contributed by atoms with Crippen molar-refractivity contribution in [2.45, 2.75) is 63.5 Å². The Morgan fingerprint density at radius 1 is 1.33 bits per heavy atom. The average molecular weight is 300 g/mol. The molecule has 1 amide bonds. The van der Waals surface area contributed by atoms with E-state index in [1.807, 2.05) is 6.92 Å². The fraction of sp³-hybridized carbons (Fsp3) is 0.786. The average Bonchev–Trinajstić information content (AvgIpc) is 2.87. The molecule has 0 radical (unpaired) electrons. The number of aliphatic carboxylic acids is 2. The summed E-state index contributed by atoms with van der Waals surface area (Å²) in [6.45, 7) is 2.74. The van der Waals surface area contributed by atoms with Crippen molar-refractivity contribution < 1.29 is 24.6 Å². The minimum atomic E-state index is -1.13. The van der Waals surface area contributed by atoms with Crippen LogP contribution >= 0.6 is 0 Å². The molecule has 4 N–H and O–H groups in total. The number of carbonyl (C=O) groups excluding carboxylic acids is 1. The van der Waals surface area contributed by atoms with Crippen LogP contribution in [0.4, 0.5) is 0 Å². The summed E-state index contributed by atoms with van der Waals surface area (Å²) in [7, 11) is 0. The highest BCUT2D eigenvalue weighted by molar-refractivity contribution is 5.90. The summed E-state index contributed by atoms with van der Waals surface area (Å²) in [6.07, 6.45) is 3.34. The maximum Gasteiger partial charge on any atom is 0.326 e. The van der Waals surface area contributed by atoms with Crippen molar-refractivity contribution in [3.63, 3.8) is 0 Å². The van der Waals surface area contributed by atoms with E-state index >= 15 is 0 Å². The van der Waals surface area contributed by atoms with Gasteiger partial charge < -0.3 is 20.8 Å². The Kier molecular flexibility index (Phi) is 6.61. The topological polar surface area (TPSA) is 116 Å². The third-order valence-electron chi connectivity index (χ3n) is 3.84. The SMILES string of the molecule is CCCC1(C(=O)N[C@H](CCCC(=O)O)C(=O)O)CCCN1. The van der Waals surface area contributed by atoms with Gasteiger partial charge in [0, 0.05) is 6.42 Å². The van der Waals surface area contributed by atoms with Gasteiger partial charge in [-0.1, -0.05) is 13.3 Å². The van der Waals surface area contributed by atoms with Crippen molar-refractivity contribution in [3.05, 3.63) is 0 Å². The molecule has 7 heteroatoms. The van der Waals surface area contributed by atoms with Gasteiger partial charge >= 0.3 is 11.9 Å².